The van der Waals surface area contributed by atoms with Gasteiger partial charge in [-0.3, -0.25) is 4.90 Å². The molecule has 0 spiro atoms. The normalized spacial score (nSPS) is 36.2. The van der Waals surface area contributed by atoms with Crippen molar-refractivity contribution in [2.75, 3.05) is 13.1 Å². The summed E-state index contributed by atoms with van der Waals surface area (Å²) >= 11 is 0. The first-order valence-corrected chi connectivity index (χ1v) is 8.03. The van der Waals surface area contributed by atoms with E-state index in [1.165, 1.54) is 51.5 Å². The number of hydrogen-bond acceptors (Lipinski definition) is 2. The van der Waals surface area contributed by atoms with E-state index in [-0.39, 0.29) is 0 Å². The standard InChI is InChI=1S/C16H32N2/c1-4-18(14-9-10-16(2,3)11-14)15-8-6-5-7-13(15)12-17/h13-15H,4-12,17H2,1-3H3. The lowest BCUT2D eigenvalue weighted by Crippen LogP contribution is -2.49. The van der Waals surface area contributed by atoms with Crippen LogP contribution in [-0.4, -0.2) is 30.1 Å². The minimum Gasteiger partial charge on any atom is -0.330 e. The molecule has 2 N–H and O–H groups in total. The maximum absolute atomic E-state index is 6.01. The minimum atomic E-state index is 0.560. The van der Waals surface area contributed by atoms with Gasteiger partial charge in [0.1, 0.15) is 0 Å². The molecule has 0 aromatic rings. The van der Waals surface area contributed by atoms with Crippen molar-refractivity contribution in [1.29, 1.82) is 0 Å². The lowest BCUT2D eigenvalue weighted by molar-refractivity contribution is 0.0683. The highest BCUT2D eigenvalue weighted by molar-refractivity contribution is 4.93. The third kappa shape index (κ3) is 3.08. The quantitative estimate of drug-likeness (QED) is 0.831. The molecule has 0 amide bonds. The van der Waals surface area contributed by atoms with Crippen LogP contribution in [0.15, 0.2) is 0 Å². The van der Waals surface area contributed by atoms with Crippen molar-refractivity contribution in [3.05, 3.63) is 0 Å². The van der Waals surface area contributed by atoms with Crippen LogP contribution in [0.2, 0.25) is 0 Å². The van der Waals surface area contributed by atoms with Gasteiger partial charge in [-0.05, 0) is 56.5 Å². The average molecular weight is 252 g/mol. The van der Waals surface area contributed by atoms with E-state index >= 15 is 0 Å². The molecule has 2 heteroatoms. The van der Waals surface area contributed by atoms with Gasteiger partial charge in [-0.2, -0.15) is 0 Å². The van der Waals surface area contributed by atoms with E-state index in [2.05, 4.69) is 25.7 Å². The molecule has 2 saturated carbocycles. The van der Waals surface area contributed by atoms with E-state index in [1.54, 1.807) is 0 Å². The first kappa shape index (κ1) is 14.3. The fourth-order valence-electron chi connectivity index (χ4n) is 4.35. The van der Waals surface area contributed by atoms with Crippen molar-refractivity contribution in [2.45, 2.75) is 77.8 Å². The van der Waals surface area contributed by atoms with Crippen molar-refractivity contribution < 1.29 is 0 Å². The molecule has 0 heterocycles. The molecule has 2 nitrogen and oxygen atoms in total. The van der Waals surface area contributed by atoms with Crippen LogP contribution < -0.4 is 5.73 Å². The molecule has 2 aliphatic carbocycles. The molecule has 106 valence electrons. The predicted octanol–water partition coefficient (Wildman–Crippen LogP) is 3.40. The Hall–Kier alpha value is -0.0800. The van der Waals surface area contributed by atoms with Gasteiger partial charge in [-0.1, -0.05) is 33.6 Å². The second-order valence-electron chi connectivity index (χ2n) is 7.24. The van der Waals surface area contributed by atoms with Crippen molar-refractivity contribution in [3.63, 3.8) is 0 Å². The molecular formula is C16H32N2. The summed E-state index contributed by atoms with van der Waals surface area (Å²) in [6.45, 7) is 9.30. The van der Waals surface area contributed by atoms with Crippen molar-refractivity contribution >= 4 is 0 Å². The Kier molecular flexibility index (Phi) is 4.71. The van der Waals surface area contributed by atoms with E-state index < -0.39 is 0 Å². The Bertz CT molecular complexity index is 262. The lowest BCUT2D eigenvalue weighted by atomic mass is 9.82. The molecule has 2 aliphatic rings. The van der Waals surface area contributed by atoms with Crippen molar-refractivity contribution in [1.82, 2.24) is 4.90 Å². The van der Waals surface area contributed by atoms with Crippen LogP contribution in [0.25, 0.3) is 0 Å². The third-order valence-corrected chi connectivity index (χ3v) is 5.37. The van der Waals surface area contributed by atoms with Gasteiger partial charge in [-0.15, -0.1) is 0 Å². The molecule has 3 unspecified atom stereocenters. The van der Waals surface area contributed by atoms with Gasteiger partial charge < -0.3 is 5.73 Å². The number of nitrogens with two attached hydrogens (primary N) is 1. The Morgan fingerprint density at radius 2 is 1.89 bits per heavy atom. The summed E-state index contributed by atoms with van der Waals surface area (Å²) in [5, 5.41) is 0. The molecule has 3 atom stereocenters. The van der Waals surface area contributed by atoms with Crippen molar-refractivity contribution in [2.24, 2.45) is 17.1 Å². The summed E-state index contributed by atoms with van der Waals surface area (Å²) in [5.74, 6) is 0.752. The molecule has 0 aliphatic heterocycles. The van der Waals surface area contributed by atoms with Crippen LogP contribution in [0.1, 0.15) is 65.7 Å². The van der Waals surface area contributed by atoms with Gasteiger partial charge in [0.05, 0.1) is 0 Å². The summed E-state index contributed by atoms with van der Waals surface area (Å²) in [7, 11) is 0. The minimum absolute atomic E-state index is 0.560. The monoisotopic (exact) mass is 252 g/mol. The highest BCUT2D eigenvalue weighted by atomic mass is 15.2. The zero-order chi connectivity index (χ0) is 13.2. The Morgan fingerprint density at radius 1 is 1.17 bits per heavy atom. The Balaban J connectivity index is 2.03. The summed E-state index contributed by atoms with van der Waals surface area (Å²) in [4.78, 5) is 2.81. The van der Waals surface area contributed by atoms with Gasteiger partial charge in [0.15, 0.2) is 0 Å². The van der Waals surface area contributed by atoms with Crippen LogP contribution >= 0.6 is 0 Å². The SMILES string of the molecule is CCN(C1CCC(C)(C)C1)C1CCCCC1CN. The van der Waals surface area contributed by atoms with Gasteiger partial charge in [0.25, 0.3) is 0 Å². The fraction of sp³-hybridized carbons (Fsp3) is 1.00. The molecule has 2 fully saturated rings. The second-order valence-corrected chi connectivity index (χ2v) is 7.24. The van der Waals surface area contributed by atoms with E-state index in [9.17, 15) is 0 Å². The van der Waals surface area contributed by atoms with E-state index in [1.807, 2.05) is 0 Å². The molecule has 0 aromatic heterocycles. The summed E-state index contributed by atoms with van der Waals surface area (Å²) in [6, 6.07) is 1.59. The molecule has 0 saturated heterocycles. The zero-order valence-corrected chi connectivity index (χ0v) is 12.6. The number of hydrogen-bond donors (Lipinski definition) is 1. The highest BCUT2D eigenvalue weighted by Gasteiger charge is 2.38. The molecule has 0 bridgehead atoms. The zero-order valence-electron chi connectivity index (χ0n) is 12.6. The van der Waals surface area contributed by atoms with E-state index in [4.69, 9.17) is 5.73 Å². The lowest BCUT2D eigenvalue weighted by Gasteiger charge is -2.42. The van der Waals surface area contributed by atoms with Crippen LogP contribution in [0.3, 0.4) is 0 Å². The predicted molar refractivity (Wildman–Crippen MR) is 78.6 cm³/mol. The molecule has 2 rings (SSSR count). The first-order valence-electron chi connectivity index (χ1n) is 8.03. The second kappa shape index (κ2) is 5.92. The van der Waals surface area contributed by atoms with Gasteiger partial charge in [-0.25, -0.2) is 0 Å². The fourth-order valence-corrected chi connectivity index (χ4v) is 4.35. The van der Waals surface area contributed by atoms with Crippen LogP contribution in [0.5, 0.6) is 0 Å². The van der Waals surface area contributed by atoms with Gasteiger partial charge in [0.2, 0.25) is 0 Å². The number of nitrogens with zero attached hydrogens (tertiary/aromatic N) is 1. The van der Waals surface area contributed by atoms with Gasteiger partial charge >= 0.3 is 0 Å². The molecule has 18 heavy (non-hydrogen) atoms. The average Bonchev–Trinajstić information content (AvgIpc) is 2.71. The Labute approximate surface area is 113 Å². The van der Waals surface area contributed by atoms with Gasteiger partial charge in [0, 0.05) is 12.1 Å². The summed E-state index contributed by atoms with van der Waals surface area (Å²) in [6.07, 6.45) is 9.72. The van der Waals surface area contributed by atoms with Crippen LogP contribution in [0.4, 0.5) is 0 Å². The largest absolute Gasteiger partial charge is 0.330 e. The molecular weight excluding hydrogens is 220 g/mol. The maximum atomic E-state index is 6.01. The topological polar surface area (TPSA) is 29.3 Å². The van der Waals surface area contributed by atoms with E-state index in [0.717, 1.165) is 24.5 Å². The van der Waals surface area contributed by atoms with Crippen LogP contribution in [-0.2, 0) is 0 Å². The van der Waals surface area contributed by atoms with Crippen molar-refractivity contribution in [3.8, 4) is 0 Å². The first-order chi connectivity index (χ1) is 8.57. The van der Waals surface area contributed by atoms with Crippen LogP contribution in [0, 0.1) is 11.3 Å². The maximum Gasteiger partial charge on any atom is 0.0138 e. The number of rotatable bonds is 4. The molecule has 0 aromatic carbocycles. The Morgan fingerprint density at radius 3 is 2.44 bits per heavy atom. The highest BCUT2D eigenvalue weighted by Crippen LogP contribution is 2.41. The third-order valence-electron chi connectivity index (χ3n) is 5.37. The molecule has 0 radical (unpaired) electrons. The smallest absolute Gasteiger partial charge is 0.0138 e. The van der Waals surface area contributed by atoms with E-state index in [0.29, 0.717) is 5.41 Å². The summed E-state index contributed by atoms with van der Waals surface area (Å²) < 4.78 is 0. The summed E-state index contributed by atoms with van der Waals surface area (Å²) in [5.41, 5.74) is 6.57.